The molecule has 0 aliphatic heterocycles. The largest absolute Gasteiger partial charge is 0.513 e. The number of ether oxygens (including phenoxy) is 1. The molecule has 0 amide bonds. The minimum Gasteiger partial charge on any atom is -0.460 e. The Balaban J connectivity index is 1.71. The van der Waals surface area contributed by atoms with Crippen LogP contribution in [0.3, 0.4) is 0 Å². The summed E-state index contributed by atoms with van der Waals surface area (Å²) in [6.45, 7) is 3.61. The van der Waals surface area contributed by atoms with Crippen LogP contribution in [0.5, 0.6) is 11.5 Å². The lowest BCUT2D eigenvalue weighted by atomic mass is 10.2. The summed E-state index contributed by atoms with van der Waals surface area (Å²) >= 11 is 0. The highest BCUT2D eigenvalue weighted by atomic mass is 31.2. The molecule has 0 aromatic heterocycles. The summed E-state index contributed by atoms with van der Waals surface area (Å²) < 4.78 is 30.1. The molecule has 3 aromatic rings. The third-order valence-electron chi connectivity index (χ3n) is 4.14. The van der Waals surface area contributed by atoms with Gasteiger partial charge in [0.1, 0.15) is 24.1 Å². The molecule has 1 N–H and O–H groups in total. The number of hydrogen-bond donors (Lipinski definition) is 1. The fourth-order valence-electron chi connectivity index (χ4n) is 2.57. The first-order valence-corrected chi connectivity index (χ1v) is 11.1. The van der Waals surface area contributed by atoms with Gasteiger partial charge in [-0.05, 0) is 43.7 Å². The Labute approximate surface area is 176 Å². The third kappa shape index (κ3) is 6.48. The highest BCUT2D eigenvalue weighted by Gasteiger charge is 2.33. The zero-order chi connectivity index (χ0) is 21.4. The monoisotopic (exact) mass is 425 g/mol. The van der Waals surface area contributed by atoms with Gasteiger partial charge in [0.15, 0.2) is 0 Å². The van der Waals surface area contributed by atoms with E-state index in [9.17, 15) is 9.36 Å². The van der Waals surface area contributed by atoms with Crippen molar-refractivity contribution in [1.29, 1.82) is 0 Å². The van der Waals surface area contributed by atoms with E-state index in [1.807, 2.05) is 55.5 Å². The van der Waals surface area contributed by atoms with Crippen LogP contribution in [0.25, 0.3) is 0 Å². The van der Waals surface area contributed by atoms with Gasteiger partial charge in [-0.2, -0.15) is 5.09 Å². The molecule has 7 heteroatoms. The van der Waals surface area contributed by atoms with Gasteiger partial charge in [-0.25, -0.2) is 4.57 Å². The van der Waals surface area contributed by atoms with Crippen LogP contribution < -0.4 is 14.1 Å². The van der Waals surface area contributed by atoms with Crippen molar-refractivity contribution in [1.82, 2.24) is 5.09 Å². The van der Waals surface area contributed by atoms with Gasteiger partial charge >= 0.3 is 13.7 Å². The molecule has 0 aliphatic rings. The Morgan fingerprint density at radius 1 is 0.867 bits per heavy atom. The van der Waals surface area contributed by atoms with E-state index in [0.29, 0.717) is 11.5 Å². The topological polar surface area (TPSA) is 73.9 Å². The van der Waals surface area contributed by atoms with Crippen molar-refractivity contribution in [3.05, 3.63) is 96.1 Å². The van der Waals surface area contributed by atoms with E-state index >= 15 is 0 Å². The molecule has 2 atom stereocenters. The molecule has 0 radical (unpaired) electrons. The van der Waals surface area contributed by atoms with Gasteiger partial charge in [0, 0.05) is 0 Å². The van der Waals surface area contributed by atoms with E-state index in [-0.39, 0.29) is 6.61 Å². The molecule has 3 aromatic carbocycles. The van der Waals surface area contributed by atoms with Gasteiger partial charge in [0.05, 0.1) is 0 Å². The molecule has 0 fully saturated rings. The molecular formula is C23H24NO5P. The van der Waals surface area contributed by atoms with Crippen LogP contribution in [-0.4, -0.2) is 12.0 Å². The van der Waals surface area contributed by atoms with Gasteiger partial charge in [-0.3, -0.25) is 4.79 Å². The second-order valence-corrected chi connectivity index (χ2v) is 8.37. The Hall–Kier alpha value is -3.08. The molecule has 3 rings (SSSR count). The smallest absolute Gasteiger partial charge is 0.460 e. The molecule has 0 heterocycles. The number of aryl methyl sites for hydroxylation is 1. The van der Waals surface area contributed by atoms with E-state index in [4.69, 9.17) is 13.8 Å². The van der Waals surface area contributed by atoms with E-state index in [1.165, 1.54) is 0 Å². The number of para-hydroxylation sites is 1. The summed E-state index contributed by atoms with van der Waals surface area (Å²) in [5.74, 6) is 0.144. The minimum atomic E-state index is -3.93. The molecule has 6 nitrogen and oxygen atoms in total. The lowest BCUT2D eigenvalue weighted by Gasteiger charge is -2.23. The predicted octanol–water partition coefficient (Wildman–Crippen LogP) is 5.28. The Morgan fingerprint density at radius 2 is 1.40 bits per heavy atom. The normalized spacial score (nSPS) is 13.7. The minimum absolute atomic E-state index is 0.119. The fraction of sp³-hybridized carbons (Fsp3) is 0.174. The number of nitrogens with one attached hydrogen (secondary N) is 1. The van der Waals surface area contributed by atoms with Crippen LogP contribution in [0.2, 0.25) is 0 Å². The van der Waals surface area contributed by atoms with E-state index in [1.54, 1.807) is 43.3 Å². The summed E-state index contributed by atoms with van der Waals surface area (Å²) in [4.78, 5) is 12.4. The first-order valence-electron chi connectivity index (χ1n) is 9.53. The van der Waals surface area contributed by atoms with Crippen LogP contribution in [0.15, 0.2) is 84.9 Å². The van der Waals surface area contributed by atoms with Crippen molar-refractivity contribution in [2.45, 2.75) is 26.5 Å². The number of carbonyl (C=O) groups excluding carboxylic acids is 1. The second kappa shape index (κ2) is 10.1. The number of carbonyl (C=O) groups is 1. The SMILES string of the molecule is Cc1ccc(O[P@](=O)(N[C@@H](C)C(=O)OCc2ccccc2)Oc2ccccc2)cc1. The van der Waals surface area contributed by atoms with E-state index in [2.05, 4.69) is 5.09 Å². The maximum atomic E-state index is 13.5. The number of hydrogen-bond acceptors (Lipinski definition) is 5. The lowest BCUT2D eigenvalue weighted by molar-refractivity contribution is -0.146. The average molecular weight is 425 g/mol. The summed E-state index contributed by atoms with van der Waals surface area (Å²) in [5.41, 5.74) is 1.89. The van der Waals surface area contributed by atoms with Crippen molar-refractivity contribution < 1.29 is 23.1 Å². The molecule has 0 saturated carbocycles. The molecule has 0 saturated heterocycles. The van der Waals surface area contributed by atoms with Gasteiger partial charge in [0.25, 0.3) is 0 Å². The lowest BCUT2D eigenvalue weighted by Crippen LogP contribution is -2.35. The molecule has 0 spiro atoms. The van der Waals surface area contributed by atoms with Crippen LogP contribution in [0, 0.1) is 6.92 Å². The zero-order valence-electron chi connectivity index (χ0n) is 16.9. The van der Waals surface area contributed by atoms with Crippen molar-refractivity contribution in [2.24, 2.45) is 0 Å². The summed E-state index contributed by atoms with van der Waals surface area (Å²) in [5, 5.41) is 2.68. The molecule has 0 aliphatic carbocycles. The molecule has 156 valence electrons. The summed E-state index contributed by atoms with van der Waals surface area (Å²) in [6, 6.07) is 24.1. The maximum Gasteiger partial charge on any atom is 0.513 e. The first kappa shape index (κ1) is 21.6. The van der Waals surface area contributed by atoms with Crippen LogP contribution in [0.4, 0.5) is 0 Å². The quantitative estimate of drug-likeness (QED) is 0.371. The molecule has 0 bridgehead atoms. The fourth-order valence-corrected chi connectivity index (χ4v) is 4.09. The third-order valence-corrected chi connectivity index (χ3v) is 5.75. The standard InChI is InChI=1S/C23H24NO5P/c1-18-13-15-22(16-14-18)29-30(26,28-21-11-7-4-8-12-21)24-19(2)23(25)27-17-20-9-5-3-6-10-20/h3-16,19H,17H2,1-2H3,(H,24,26)/t19-,30-/m0/s1. The number of esters is 1. The van der Waals surface area contributed by atoms with Crippen LogP contribution in [0.1, 0.15) is 18.1 Å². The van der Waals surface area contributed by atoms with Crippen LogP contribution >= 0.6 is 7.75 Å². The summed E-state index contributed by atoms with van der Waals surface area (Å²) in [7, 11) is -3.93. The highest BCUT2D eigenvalue weighted by Crippen LogP contribution is 2.45. The van der Waals surface area contributed by atoms with Gasteiger partial charge in [-0.1, -0.05) is 66.2 Å². The maximum absolute atomic E-state index is 13.5. The predicted molar refractivity (Wildman–Crippen MR) is 115 cm³/mol. The first-order chi connectivity index (χ1) is 14.4. The number of rotatable bonds is 9. The van der Waals surface area contributed by atoms with Gasteiger partial charge in [0.2, 0.25) is 0 Å². The number of benzene rings is 3. The van der Waals surface area contributed by atoms with Gasteiger partial charge in [-0.15, -0.1) is 0 Å². The Bertz CT molecular complexity index is 993. The Kier molecular flexibility index (Phi) is 7.28. The van der Waals surface area contributed by atoms with Crippen LogP contribution in [-0.2, 0) is 20.7 Å². The second-order valence-electron chi connectivity index (χ2n) is 6.75. The molecule has 0 unspecified atom stereocenters. The molecular weight excluding hydrogens is 401 g/mol. The highest BCUT2D eigenvalue weighted by molar-refractivity contribution is 7.52. The van der Waals surface area contributed by atoms with Crippen molar-refractivity contribution >= 4 is 13.7 Å². The zero-order valence-corrected chi connectivity index (χ0v) is 17.8. The molecule has 30 heavy (non-hydrogen) atoms. The van der Waals surface area contributed by atoms with Crippen molar-refractivity contribution in [2.75, 3.05) is 0 Å². The van der Waals surface area contributed by atoms with Crippen molar-refractivity contribution in [3.63, 3.8) is 0 Å². The summed E-state index contributed by atoms with van der Waals surface area (Å²) in [6.07, 6.45) is 0. The van der Waals surface area contributed by atoms with Crippen molar-refractivity contribution in [3.8, 4) is 11.5 Å². The Morgan fingerprint density at radius 3 is 2.00 bits per heavy atom. The average Bonchev–Trinajstić information content (AvgIpc) is 2.75. The van der Waals surface area contributed by atoms with E-state index < -0.39 is 19.8 Å². The van der Waals surface area contributed by atoms with E-state index in [0.717, 1.165) is 11.1 Å². The van der Waals surface area contributed by atoms with Gasteiger partial charge < -0.3 is 13.8 Å².